The molecule has 0 spiro atoms. The third-order valence-corrected chi connectivity index (χ3v) is 3.23. The second-order valence-corrected chi connectivity index (χ2v) is 4.71. The third-order valence-electron chi connectivity index (χ3n) is 3.23. The van der Waals surface area contributed by atoms with E-state index in [-0.39, 0.29) is 6.03 Å². The molecular weight excluding hydrogens is 254 g/mol. The molecule has 1 aromatic rings. The van der Waals surface area contributed by atoms with Crippen LogP contribution in [0.15, 0.2) is 24.3 Å². The summed E-state index contributed by atoms with van der Waals surface area (Å²) in [6, 6.07) is 6.99. The van der Waals surface area contributed by atoms with E-state index >= 15 is 0 Å². The summed E-state index contributed by atoms with van der Waals surface area (Å²) in [6.07, 6.45) is -0.539. The van der Waals surface area contributed by atoms with Crippen molar-refractivity contribution in [1.82, 2.24) is 10.2 Å². The molecule has 5 nitrogen and oxygen atoms in total. The molecule has 5 heteroatoms. The Kier molecular flexibility index (Phi) is 7.04. The average Bonchev–Trinajstić information content (AvgIpc) is 2.44. The summed E-state index contributed by atoms with van der Waals surface area (Å²) in [5, 5.41) is 15.1. The Balaban J connectivity index is 2.40. The van der Waals surface area contributed by atoms with Crippen molar-refractivity contribution in [3.05, 3.63) is 29.8 Å². The SMILES string of the molecule is CCN(CC)CCNC(=O)Nc1cccc(C(C)O)c1. The van der Waals surface area contributed by atoms with Crippen LogP contribution in [0.3, 0.4) is 0 Å². The number of rotatable bonds is 7. The number of urea groups is 1. The number of hydrogen-bond donors (Lipinski definition) is 3. The smallest absolute Gasteiger partial charge is 0.319 e. The molecule has 1 atom stereocenters. The van der Waals surface area contributed by atoms with Crippen molar-refractivity contribution in [2.75, 3.05) is 31.5 Å². The van der Waals surface area contributed by atoms with Crippen molar-refractivity contribution in [2.24, 2.45) is 0 Å². The second-order valence-electron chi connectivity index (χ2n) is 4.71. The second kappa shape index (κ2) is 8.55. The fourth-order valence-electron chi connectivity index (χ4n) is 1.92. The van der Waals surface area contributed by atoms with E-state index in [4.69, 9.17) is 0 Å². The van der Waals surface area contributed by atoms with Gasteiger partial charge < -0.3 is 20.6 Å². The number of benzene rings is 1. The molecule has 0 aliphatic heterocycles. The lowest BCUT2D eigenvalue weighted by atomic mass is 10.1. The molecule has 0 radical (unpaired) electrons. The van der Waals surface area contributed by atoms with Crippen LogP contribution in [0.25, 0.3) is 0 Å². The van der Waals surface area contributed by atoms with E-state index in [9.17, 15) is 9.90 Å². The van der Waals surface area contributed by atoms with Crippen LogP contribution >= 0.6 is 0 Å². The zero-order valence-corrected chi connectivity index (χ0v) is 12.5. The quantitative estimate of drug-likeness (QED) is 0.717. The zero-order chi connectivity index (χ0) is 15.0. The lowest BCUT2D eigenvalue weighted by molar-refractivity contribution is 0.199. The minimum absolute atomic E-state index is 0.222. The van der Waals surface area contributed by atoms with Gasteiger partial charge >= 0.3 is 6.03 Å². The molecule has 0 saturated carbocycles. The van der Waals surface area contributed by atoms with Crippen molar-refractivity contribution in [3.63, 3.8) is 0 Å². The number of hydrogen-bond acceptors (Lipinski definition) is 3. The number of nitrogens with zero attached hydrogens (tertiary/aromatic N) is 1. The minimum atomic E-state index is -0.539. The van der Waals surface area contributed by atoms with E-state index in [1.54, 1.807) is 19.1 Å². The summed E-state index contributed by atoms with van der Waals surface area (Å²) < 4.78 is 0. The van der Waals surface area contributed by atoms with Gasteiger partial charge in [0.2, 0.25) is 0 Å². The first kappa shape index (κ1) is 16.5. The Morgan fingerprint density at radius 1 is 1.35 bits per heavy atom. The minimum Gasteiger partial charge on any atom is -0.389 e. The molecule has 0 bridgehead atoms. The van der Waals surface area contributed by atoms with Crippen LogP contribution in [0.2, 0.25) is 0 Å². The monoisotopic (exact) mass is 279 g/mol. The maximum atomic E-state index is 11.7. The van der Waals surface area contributed by atoms with Crippen LogP contribution < -0.4 is 10.6 Å². The van der Waals surface area contributed by atoms with E-state index in [0.717, 1.165) is 25.2 Å². The molecule has 112 valence electrons. The van der Waals surface area contributed by atoms with Gasteiger partial charge in [0.05, 0.1) is 6.10 Å². The molecule has 20 heavy (non-hydrogen) atoms. The largest absolute Gasteiger partial charge is 0.389 e. The highest BCUT2D eigenvalue weighted by Gasteiger charge is 2.05. The number of amides is 2. The predicted molar refractivity (Wildman–Crippen MR) is 81.9 cm³/mol. The number of carbonyl (C=O) groups is 1. The van der Waals surface area contributed by atoms with Gasteiger partial charge in [0.25, 0.3) is 0 Å². The fourth-order valence-corrected chi connectivity index (χ4v) is 1.92. The third kappa shape index (κ3) is 5.59. The normalized spacial score (nSPS) is 12.2. The van der Waals surface area contributed by atoms with Crippen LogP contribution in [0.4, 0.5) is 10.5 Å². The summed E-state index contributed by atoms with van der Waals surface area (Å²) in [5.74, 6) is 0. The van der Waals surface area contributed by atoms with Crippen LogP contribution in [-0.4, -0.2) is 42.2 Å². The molecule has 3 N–H and O–H groups in total. The Morgan fingerprint density at radius 2 is 2.05 bits per heavy atom. The summed E-state index contributed by atoms with van der Waals surface area (Å²) >= 11 is 0. The molecule has 0 aliphatic rings. The lowest BCUT2D eigenvalue weighted by Crippen LogP contribution is -2.36. The predicted octanol–water partition coefficient (Wildman–Crippen LogP) is 2.20. The maximum Gasteiger partial charge on any atom is 0.319 e. The van der Waals surface area contributed by atoms with Crippen molar-refractivity contribution in [1.29, 1.82) is 0 Å². The fraction of sp³-hybridized carbons (Fsp3) is 0.533. The maximum absolute atomic E-state index is 11.7. The average molecular weight is 279 g/mol. The summed E-state index contributed by atoms with van der Waals surface area (Å²) in [4.78, 5) is 14.0. The van der Waals surface area contributed by atoms with Crippen molar-refractivity contribution < 1.29 is 9.90 Å². The van der Waals surface area contributed by atoms with Gasteiger partial charge in [0.1, 0.15) is 0 Å². The molecule has 1 unspecified atom stereocenters. The Bertz CT molecular complexity index is 417. The van der Waals surface area contributed by atoms with E-state index in [0.29, 0.717) is 12.2 Å². The number of likely N-dealkylation sites (N-methyl/N-ethyl adjacent to an activating group) is 1. The Morgan fingerprint density at radius 3 is 2.65 bits per heavy atom. The molecule has 1 aromatic carbocycles. The van der Waals surface area contributed by atoms with E-state index < -0.39 is 6.10 Å². The number of aliphatic hydroxyl groups excluding tert-OH is 1. The van der Waals surface area contributed by atoms with Crippen molar-refractivity contribution in [2.45, 2.75) is 26.9 Å². The van der Waals surface area contributed by atoms with Gasteiger partial charge in [-0.2, -0.15) is 0 Å². The summed E-state index contributed by atoms with van der Waals surface area (Å²) in [7, 11) is 0. The number of aliphatic hydroxyl groups is 1. The molecule has 0 fully saturated rings. The van der Waals surface area contributed by atoms with Gasteiger partial charge in [-0.3, -0.25) is 0 Å². The summed E-state index contributed by atoms with van der Waals surface area (Å²) in [6.45, 7) is 9.32. The van der Waals surface area contributed by atoms with Gasteiger partial charge in [0, 0.05) is 18.8 Å². The van der Waals surface area contributed by atoms with Gasteiger partial charge in [-0.25, -0.2) is 4.79 Å². The van der Waals surface area contributed by atoms with E-state index in [1.165, 1.54) is 0 Å². The first-order valence-electron chi connectivity index (χ1n) is 7.12. The highest BCUT2D eigenvalue weighted by Crippen LogP contribution is 2.16. The number of anilines is 1. The van der Waals surface area contributed by atoms with Crippen molar-refractivity contribution >= 4 is 11.7 Å². The van der Waals surface area contributed by atoms with Gasteiger partial charge in [-0.05, 0) is 37.7 Å². The highest BCUT2D eigenvalue weighted by molar-refractivity contribution is 5.89. The zero-order valence-electron chi connectivity index (χ0n) is 12.5. The van der Waals surface area contributed by atoms with Gasteiger partial charge in [-0.1, -0.05) is 26.0 Å². The molecule has 0 saturated heterocycles. The topological polar surface area (TPSA) is 64.6 Å². The van der Waals surface area contributed by atoms with Crippen molar-refractivity contribution in [3.8, 4) is 0 Å². The van der Waals surface area contributed by atoms with Crippen LogP contribution in [0, 0.1) is 0 Å². The van der Waals surface area contributed by atoms with Gasteiger partial charge in [-0.15, -0.1) is 0 Å². The molecule has 0 heterocycles. The standard InChI is InChI=1S/C15H25N3O2/c1-4-18(5-2)10-9-16-15(20)17-14-8-6-7-13(11-14)12(3)19/h6-8,11-12,19H,4-5,9-10H2,1-3H3,(H2,16,17,20). The molecule has 0 aliphatic carbocycles. The number of nitrogens with one attached hydrogen (secondary N) is 2. The summed E-state index contributed by atoms with van der Waals surface area (Å²) in [5.41, 5.74) is 1.47. The first-order chi connectivity index (χ1) is 9.56. The molecular formula is C15H25N3O2. The van der Waals surface area contributed by atoms with E-state index in [1.807, 2.05) is 12.1 Å². The van der Waals surface area contributed by atoms with Crippen LogP contribution in [0.1, 0.15) is 32.4 Å². The molecule has 1 rings (SSSR count). The Hall–Kier alpha value is -1.59. The van der Waals surface area contributed by atoms with Crippen LogP contribution in [-0.2, 0) is 0 Å². The lowest BCUT2D eigenvalue weighted by Gasteiger charge is -2.18. The van der Waals surface area contributed by atoms with E-state index in [2.05, 4.69) is 29.4 Å². The number of carbonyl (C=O) groups excluding carboxylic acids is 1. The highest BCUT2D eigenvalue weighted by atomic mass is 16.3. The first-order valence-corrected chi connectivity index (χ1v) is 7.12. The molecule has 2 amide bonds. The van der Waals surface area contributed by atoms with Gasteiger partial charge in [0.15, 0.2) is 0 Å². The van der Waals surface area contributed by atoms with Crippen LogP contribution in [0.5, 0.6) is 0 Å². The Labute approximate surface area is 121 Å². The molecule has 0 aromatic heterocycles.